The second-order valence-electron chi connectivity index (χ2n) is 4.54. The van der Waals surface area contributed by atoms with Crippen LogP contribution >= 0.6 is 0 Å². The van der Waals surface area contributed by atoms with Crippen LogP contribution in [0.2, 0.25) is 0 Å². The molecule has 98 valence electrons. The standard InChI is InChI=1S/C13H14N4O2/c1-7(5-14)12-15-6-10(16-12)8-2-3-9-11(4-8)19-13(18)17-9/h2-4,6-7H,5,14H2,1H3,(H,15,16)(H,17,18). The predicted molar refractivity (Wildman–Crippen MR) is 71.9 cm³/mol. The van der Waals surface area contributed by atoms with Gasteiger partial charge in [0.2, 0.25) is 0 Å². The third-order valence-corrected chi connectivity index (χ3v) is 3.15. The zero-order valence-corrected chi connectivity index (χ0v) is 10.4. The van der Waals surface area contributed by atoms with Crippen LogP contribution < -0.4 is 11.5 Å². The van der Waals surface area contributed by atoms with Crippen LogP contribution in [0.1, 0.15) is 18.7 Å². The number of hydrogen-bond donors (Lipinski definition) is 3. The minimum Gasteiger partial charge on any atom is -0.408 e. The molecule has 6 nitrogen and oxygen atoms in total. The molecule has 2 heterocycles. The fourth-order valence-electron chi connectivity index (χ4n) is 1.96. The van der Waals surface area contributed by atoms with E-state index >= 15 is 0 Å². The van der Waals surface area contributed by atoms with Crippen LogP contribution in [0, 0.1) is 0 Å². The zero-order valence-electron chi connectivity index (χ0n) is 10.4. The molecule has 0 saturated carbocycles. The lowest BCUT2D eigenvalue weighted by Gasteiger charge is -2.03. The molecule has 0 saturated heterocycles. The normalized spacial score (nSPS) is 12.9. The Morgan fingerprint density at radius 2 is 2.26 bits per heavy atom. The molecule has 19 heavy (non-hydrogen) atoms. The smallest absolute Gasteiger partial charge is 0.408 e. The molecule has 3 aromatic rings. The highest BCUT2D eigenvalue weighted by Gasteiger charge is 2.10. The maximum atomic E-state index is 11.1. The van der Waals surface area contributed by atoms with Crippen molar-refractivity contribution in [1.29, 1.82) is 0 Å². The van der Waals surface area contributed by atoms with E-state index in [4.69, 9.17) is 10.2 Å². The molecule has 0 aliphatic heterocycles. The third kappa shape index (κ3) is 2.06. The van der Waals surface area contributed by atoms with Crippen molar-refractivity contribution >= 4 is 11.1 Å². The SMILES string of the molecule is CC(CN)c1ncc(-c2ccc3[nH]c(=O)oc3c2)[nH]1. The molecule has 4 N–H and O–H groups in total. The highest BCUT2D eigenvalue weighted by atomic mass is 16.4. The van der Waals surface area contributed by atoms with Crippen molar-refractivity contribution in [2.45, 2.75) is 12.8 Å². The number of hydrogen-bond acceptors (Lipinski definition) is 4. The molecule has 6 heteroatoms. The first-order chi connectivity index (χ1) is 9.17. The number of H-pyrrole nitrogens is 2. The molecular weight excluding hydrogens is 244 g/mol. The average Bonchev–Trinajstić information content (AvgIpc) is 3.01. The van der Waals surface area contributed by atoms with Gasteiger partial charge < -0.3 is 15.1 Å². The van der Waals surface area contributed by atoms with Gasteiger partial charge in [-0.05, 0) is 12.1 Å². The summed E-state index contributed by atoms with van der Waals surface area (Å²) in [7, 11) is 0. The van der Waals surface area contributed by atoms with Gasteiger partial charge >= 0.3 is 5.76 Å². The van der Waals surface area contributed by atoms with E-state index in [2.05, 4.69) is 15.0 Å². The monoisotopic (exact) mass is 258 g/mol. The largest absolute Gasteiger partial charge is 0.417 e. The average molecular weight is 258 g/mol. The number of imidazole rings is 1. The van der Waals surface area contributed by atoms with E-state index in [1.54, 1.807) is 12.3 Å². The first-order valence-corrected chi connectivity index (χ1v) is 6.05. The van der Waals surface area contributed by atoms with Gasteiger partial charge in [-0.15, -0.1) is 0 Å². The van der Waals surface area contributed by atoms with Crippen molar-refractivity contribution in [2.75, 3.05) is 6.54 Å². The fraction of sp³-hybridized carbons (Fsp3) is 0.231. The summed E-state index contributed by atoms with van der Waals surface area (Å²) >= 11 is 0. The first kappa shape index (κ1) is 11.7. The van der Waals surface area contributed by atoms with Crippen LogP contribution in [0.25, 0.3) is 22.4 Å². The Morgan fingerprint density at radius 3 is 3.05 bits per heavy atom. The van der Waals surface area contributed by atoms with Gasteiger partial charge in [0.25, 0.3) is 0 Å². The van der Waals surface area contributed by atoms with Crippen molar-refractivity contribution in [3.63, 3.8) is 0 Å². The van der Waals surface area contributed by atoms with Gasteiger partial charge in [0.15, 0.2) is 5.58 Å². The van der Waals surface area contributed by atoms with E-state index in [0.29, 0.717) is 17.6 Å². The molecule has 0 spiro atoms. The lowest BCUT2D eigenvalue weighted by Crippen LogP contribution is -2.10. The molecule has 0 amide bonds. The summed E-state index contributed by atoms with van der Waals surface area (Å²) in [5.74, 6) is 0.588. The summed E-state index contributed by atoms with van der Waals surface area (Å²) in [6, 6.07) is 5.51. The zero-order chi connectivity index (χ0) is 13.4. The van der Waals surface area contributed by atoms with E-state index in [0.717, 1.165) is 17.1 Å². The Kier molecular flexibility index (Phi) is 2.72. The van der Waals surface area contributed by atoms with Crippen LogP contribution in [-0.2, 0) is 0 Å². The van der Waals surface area contributed by atoms with Crippen LogP contribution in [0.4, 0.5) is 0 Å². The molecule has 0 bridgehead atoms. The summed E-state index contributed by atoms with van der Waals surface area (Å²) in [5.41, 5.74) is 8.62. The number of aromatic nitrogens is 3. The van der Waals surface area contributed by atoms with Gasteiger partial charge in [-0.2, -0.15) is 0 Å². The van der Waals surface area contributed by atoms with Crippen molar-refractivity contribution in [1.82, 2.24) is 15.0 Å². The summed E-state index contributed by atoms with van der Waals surface area (Å²) in [4.78, 5) is 21.3. The van der Waals surface area contributed by atoms with Gasteiger partial charge in [-0.25, -0.2) is 9.78 Å². The van der Waals surface area contributed by atoms with Crippen molar-refractivity contribution in [2.24, 2.45) is 5.73 Å². The molecule has 0 aliphatic carbocycles. The summed E-state index contributed by atoms with van der Waals surface area (Å²) in [5, 5.41) is 0. The Bertz CT molecular complexity index is 768. The van der Waals surface area contributed by atoms with E-state index < -0.39 is 5.76 Å². The molecular formula is C13H14N4O2. The van der Waals surface area contributed by atoms with Crippen LogP contribution in [0.5, 0.6) is 0 Å². The number of rotatable bonds is 3. The molecule has 0 radical (unpaired) electrons. The van der Waals surface area contributed by atoms with E-state index in [-0.39, 0.29) is 5.92 Å². The Morgan fingerprint density at radius 1 is 1.42 bits per heavy atom. The van der Waals surface area contributed by atoms with Crippen molar-refractivity contribution in [3.05, 3.63) is 40.8 Å². The molecule has 1 aromatic carbocycles. The number of nitrogens with zero attached hydrogens (tertiary/aromatic N) is 1. The molecule has 0 fully saturated rings. The fourth-order valence-corrected chi connectivity index (χ4v) is 1.96. The molecule has 1 unspecified atom stereocenters. The van der Waals surface area contributed by atoms with Gasteiger partial charge in [0.1, 0.15) is 5.82 Å². The molecule has 3 rings (SSSR count). The van der Waals surface area contributed by atoms with Crippen LogP contribution in [-0.4, -0.2) is 21.5 Å². The molecule has 1 atom stereocenters. The number of nitrogens with one attached hydrogen (secondary N) is 2. The minimum atomic E-state index is -0.450. The van der Waals surface area contributed by atoms with Crippen LogP contribution in [0.3, 0.4) is 0 Å². The van der Waals surface area contributed by atoms with E-state index in [1.165, 1.54) is 0 Å². The van der Waals surface area contributed by atoms with Gasteiger partial charge in [0.05, 0.1) is 17.4 Å². The maximum absolute atomic E-state index is 11.1. The minimum absolute atomic E-state index is 0.183. The second kappa shape index (κ2) is 4.40. The topological polar surface area (TPSA) is 101 Å². The Labute approximate surface area is 108 Å². The van der Waals surface area contributed by atoms with Crippen molar-refractivity contribution < 1.29 is 4.42 Å². The van der Waals surface area contributed by atoms with Gasteiger partial charge in [-0.3, -0.25) is 4.98 Å². The summed E-state index contributed by atoms with van der Waals surface area (Å²) < 4.78 is 5.04. The number of benzene rings is 1. The van der Waals surface area contributed by atoms with Crippen LogP contribution in [0.15, 0.2) is 33.6 Å². The number of fused-ring (bicyclic) bond motifs is 1. The maximum Gasteiger partial charge on any atom is 0.417 e. The predicted octanol–water partition coefficient (Wildman–Crippen LogP) is 1.57. The quantitative estimate of drug-likeness (QED) is 0.663. The number of nitrogens with two attached hydrogens (primary N) is 1. The molecule has 2 aromatic heterocycles. The van der Waals surface area contributed by atoms with E-state index in [1.807, 2.05) is 19.1 Å². The highest BCUT2D eigenvalue weighted by Crippen LogP contribution is 2.23. The lowest BCUT2D eigenvalue weighted by molar-refractivity contribution is 0.555. The van der Waals surface area contributed by atoms with Gasteiger partial charge in [0, 0.05) is 18.0 Å². The summed E-state index contributed by atoms with van der Waals surface area (Å²) in [6.45, 7) is 2.55. The second-order valence-corrected chi connectivity index (χ2v) is 4.54. The first-order valence-electron chi connectivity index (χ1n) is 6.05. The Balaban J connectivity index is 2.03. The number of aromatic amines is 2. The van der Waals surface area contributed by atoms with E-state index in [9.17, 15) is 4.79 Å². The van der Waals surface area contributed by atoms with Crippen molar-refractivity contribution in [3.8, 4) is 11.3 Å². The molecule has 0 aliphatic rings. The lowest BCUT2D eigenvalue weighted by atomic mass is 10.1. The Hall–Kier alpha value is -2.34. The summed E-state index contributed by atoms with van der Waals surface area (Å²) in [6.07, 6.45) is 1.76. The number of oxazole rings is 1. The third-order valence-electron chi connectivity index (χ3n) is 3.15. The van der Waals surface area contributed by atoms with Gasteiger partial charge in [-0.1, -0.05) is 13.0 Å². The highest BCUT2D eigenvalue weighted by molar-refractivity contribution is 5.78.